The molecule has 1 aliphatic rings. The van der Waals surface area contributed by atoms with E-state index < -0.39 is 14.9 Å². The van der Waals surface area contributed by atoms with Crippen LogP contribution in [0.5, 0.6) is 0 Å². The van der Waals surface area contributed by atoms with Gasteiger partial charge in [-0.2, -0.15) is 4.31 Å². The highest BCUT2D eigenvalue weighted by Crippen LogP contribution is 2.31. The van der Waals surface area contributed by atoms with Crippen LogP contribution in [0.2, 0.25) is 10.0 Å². The van der Waals surface area contributed by atoms with E-state index in [1.165, 1.54) is 22.5 Å². The molecule has 0 aromatic heterocycles. The van der Waals surface area contributed by atoms with Gasteiger partial charge in [-0.15, -0.1) is 0 Å². The largest absolute Gasteiger partial charge is 0.300 e. The zero-order valence-electron chi connectivity index (χ0n) is 14.9. The molecule has 1 saturated heterocycles. The molecule has 2 aromatic rings. The molecule has 0 saturated carbocycles. The SMILES string of the molecule is O=[N+]([O-])c1ccc(CCN2CCN(S(=O)(=O)c3cccc(Cl)c3Cl)CC2)cc1. The van der Waals surface area contributed by atoms with Crippen molar-refractivity contribution in [3.63, 3.8) is 0 Å². The van der Waals surface area contributed by atoms with E-state index in [-0.39, 0.29) is 20.6 Å². The lowest BCUT2D eigenvalue weighted by Gasteiger charge is -2.34. The Kier molecular flexibility index (Phi) is 6.57. The molecule has 3 rings (SSSR count). The number of rotatable bonds is 6. The van der Waals surface area contributed by atoms with E-state index in [1.807, 2.05) is 0 Å². The Morgan fingerprint density at radius 3 is 2.25 bits per heavy atom. The average molecular weight is 444 g/mol. The van der Waals surface area contributed by atoms with E-state index in [2.05, 4.69) is 4.90 Å². The van der Waals surface area contributed by atoms with Crippen LogP contribution in [-0.2, 0) is 16.4 Å². The molecule has 2 aromatic carbocycles. The summed E-state index contributed by atoms with van der Waals surface area (Å²) in [5.41, 5.74) is 1.08. The summed E-state index contributed by atoms with van der Waals surface area (Å²) < 4.78 is 27.1. The average Bonchev–Trinajstić information content (AvgIpc) is 2.69. The van der Waals surface area contributed by atoms with Crippen LogP contribution in [0.1, 0.15) is 5.56 Å². The number of benzene rings is 2. The van der Waals surface area contributed by atoms with Crippen molar-refractivity contribution in [2.75, 3.05) is 32.7 Å². The Bertz CT molecular complexity index is 959. The zero-order valence-corrected chi connectivity index (χ0v) is 17.3. The minimum absolute atomic E-state index is 0.0287. The maximum Gasteiger partial charge on any atom is 0.269 e. The van der Waals surface area contributed by atoms with E-state index in [9.17, 15) is 18.5 Å². The predicted octanol–water partition coefficient (Wildman–Crippen LogP) is 3.45. The molecule has 0 aliphatic carbocycles. The third-order valence-electron chi connectivity index (χ3n) is 4.73. The summed E-state index contributed by atoms with van der Waals surface area (Å²) in [6, 6.07) is 11.1. The highest BCUT2D eigenvalue weighted by molar-refractivity contribution is 7.89. The van der Waals surface area contributed by atoms with Crippen molar-refractivity contribution >= 4 is 38.9 Å². The molecule has 0 atom stereocenters. The van der Waals surface area contributed by atoms with Gasteiger partial charge in [-0.3, -0.25) is 10.1 Å². The van der Waals surface area contributed by atoms with Crippen molar-refractivity contribution in [2.45, 2.75) is 11.3 Å². The minimum atomic E-state index is -3.69. The van der Waals surface area contributed by atoms with Gasteiger partial charge in [0.15, 0.2) is 0 Å². The standard InChI is InChI=1S/C18H19Cl2N3O4S/c19-16-2-1-3-17(18(16)20)28(26,27)22-12-10-21(11-13-22)9-8-14-4-6-15(7-5-14)23(24)25/h1-7H,8-13H2. The van der Waals surface area contributed by atoms with Crippen molar-refractivity contribution < 1.29 is 13.3 Å². The van der Waals surface area contributed by atoms with E-state index in [1.54, 1.807) is 24.3 Å². The Balaban J connectivity index is 1.57. The maximum absolute atomic E-state index is 12.8. The highest BCUT2D eigenvalue weighted by atomic mass is 35.5. The number of hydrogen-bond acceptors (Lipinski definition) is 5. The Morgan fingerprint density at radius 1 is 1.00 bits per heavy atom. The number of nitro groups is 1. The molecular weight excluding hydrogens is 425 g/mol. The van der Waals surface area contributed by atoms with Crippen LogP contribution in [0, 0.1) is 10.1 Å². The quantitative estimate of drug-likeness (QED) is 0.504. The van der Waals surface area contributed by atoms with Gasteiger partial charge in [0.1, 0.15) is 4.90 Å². The van der Waals surface area contributed by atoms with E-state index in [4.69, 9.17) is 23.2 Å². The number of halogens is 2. The lowest BCUT2D eigenvalue weighted by Crippen LogP contribution is -2.49. The van der Waals surface area contributed by atoms with Crippen LogP contribution < -0.4 is 0 Å². The van der Waals surface area contributed by atoms with Crippen LogP contribution in [0.4, 0.5) is 5.69 Å². The van der Waals surface area contributed by atoms with Gasteiger partial charge in [0.05, 0.1) is 15.0 Å². The van der Waals surface area contributed by atoms with Crippen molar-refractivity contribution in [1.29, 1.82) is 0 Å². The second-order valence-electron chi connectivity index (χ2n) is 6.47. The summed E-state index contributed by atoms with van der Waals surface area (Å²) >= 11 is 12.0. The first kappa shape index (κ1) is 21.0. The second kappa shape index (κ2) is 8.75. The molecule has 10 heteroatoms. The van der Waals surface area contributed by atoms with Crippen molar-refractivity contribution in [3.8, 4) is 0 Å². The number of piperazine rings is 1. The summed E-state index contributed by atoms with van der Waals surface area (Å²) in [4.78, 5) is 12.5. The fourth-order valence-electron chi connectivity index (χ4n) is 3.09. The number of nitrogens with zero attached hydrogens (tertiary/aromatic N) is 3. The summed E-state index contributed by atoms with van der Waals surface area (Å²) in [5, 5.41) is 11.0. The smallest absolute Gasteiger partial charge is 0.269 e. The van der Waals surface area contributed by atoms with Gasteiger partial charge in [-0.05, 0) is 24.1 Å². The Labute approximate surface area is 173 Å². The minimum Gasteiger partial charge on any atom is -0.300 e. The van der Waals surface area contributed by atoms with Gasteiger partial charge in [-0.25, -0.2) is 8.42 Å². The normalized spacial score (nSPS) is 16.2. The molecule has 0 radical (unpaired) electrons. The monoisotopic (exact) mass is 443 g/mol. The lowest BCUT2D eigenvalue weighted by atomic mass is 10.1. The first-order valence-electron chi connectivity index (χ1n) is 8.69. The molecule has 0 unspecified atom stereocenters. The fraction of sp³-hybridized carbons (Fsp3) is 0.333. The molecule has 0 bridgehead atoms. The first-order chi connectivity index (χ1) is 13.3. The molecule has 7 nitrogen and oxygen atoms in total. The molecular formula is C18H19Cl2N3O4S. The van der Waals surface area contributed by atoms with Gasteiger partial charge >= 0.3 is 0 Å². The van der Waals surface area contributed by atoms with Crippen LogP contribution in [0.25, 0.3) is 0 Å². The molecule has 1 aliphatic heterocycles. The third-order valence-corrected chi connectivity index (χ3v) is 7.60. The summed E-state index contributed by atoms with van der Waals surface area (Å²) in [5.74, 6) is 0. The predicted molar refractivity (Wildman–Crippen MR) is 108 cm³/mol. The molecule has 0 spiro atoms. The molecule has 28 heavy (non-hydrogen) atoms. The Hall–Kier alpha value is -1.71. The third kappa shape index (κ3) is 4.64. The van der Waals surface area contributed by atoms with E-state index in [0.717, 1.165) is 18.5 Å². The number of non-ortho nitro benzene ring substituents is 1. The van der Waals surface area contributed by atoms with Crippen molar-refractivity contribution in [1.82, 2.24) is 9.21 Å². The van der Waals surface area contributed by atoms with Crippen LogP contribution >= 0.6 is 23.2 Å². The van der Waals surface area contributed by atoms with E-state index >= 15 is 0 Å². The summed E-state index contributed by atoms with van der Waals surface area (Å²) in [6.07, 6.45) is 0.741. The molecule has 1 fully saturated rings. The van der Waals surface area contributed by atoms with Crippen molar-refractivity contribution in [2.24, 2.45) is 0 Å². The first-order valence-corrected chi connectivity index (χ1v) is 10.9. The molecule has 1 heterocycles. The van der Waals surface area contributed by atoms with E-state index in [0.29, 0.717) is 26.2 Å². The molecule has 0 N–H and O–H groups in total. The second-order valence-corrected chi connectivity index (χ2v) is 9.16. The van der Waals surface area contributed by atoms with Crippen LogP contribution in [0.3, 0.4) is 0 Å². The van der Waals surface area contributed by atoms with Gasteiger partial charge in [0.25, 0.3) is 5.69 Å². The Morgan fingerprint density at radius 2 is 1.64 bits per heavy atom. The summed E-state index contributed by atoms with van der Waals surface area (Å²) in [6.45, 7) is 2.69. The zero-order chi connectivity index (χ0) is 20.3. The van der Waals surface area contributed by atoms with Crippen LogP contribution in [-0.4, -0.2) is 55.3 Å². The number of nitro benzene ring substituents is 1. The number of sulfonamides is 1. The topological polar surface area (TPSA) is 83.8 Å². The lowest BCUT2D eigenvalue weighted by molar-refractivity contribution is -0.384. The summed E-state index contributed by atoms with van der Waals surface area (Å²) in [7, 11) is -3.69. The fourth-order valence-corrected chi connectivity index (χ4v) is 5.25. The molecule has 150 valence electrons. The highest BCUT2D eigenvalue weighted by Gasteiger charge is 2.30. The van der Waals surface area contributed by atoms with Gasteiger partial charge in [-0.1, -0.05) is 41.4 Å². The van der Waals surface area contributed by atoms with Crippen molar-refractivity contribution in [3.05, 3.63) is 68.2 Å². The van der Waals surface area contributed by atoms with Crippen LogP contribution in [0.15, 0.2) is 47.4 Å². The molecule has 0 amide bonds. The maximum atomic E-state index is 12.8. The number of hydrogen-bond donors (Lipinski definition) is 0. The van der Waals surface area contributed by atoms with Gasteiger partial charge in [0, 0.05) is 44.9 Å². The van der Waals surface area contributed by atoms with Gasteiger partial charge < -0.3 is 4.90 Å². The van der Waals surface area contributed by atoms with Gasteiger partial charge in [0.2, 0.25) is 10.0 Å².